The Bertz CT molecular complexity index is 581. The molecule has 0 aromatic heterocycles. The van der Waals surface area contributed by atoms with Crippen LogP contribution < -0.4 is 5.32 Å². The lowest BCUT2D eigenvalue weighted by Crippen LogP contribution is -2.37. The fourth-order valence-corrected chi connectivity index (χ4v) is 4.70. The lowest BCUT2D eigenvalue weighted by molar-refractivity contribution is 0.482. The molecule has 112 valence electrons. The second kappa shape index (κ2) is 7.33. The predicted molar refractivity (Wildman–Crippen MR) is 94.1 cm³/mol. The maximum absolute atomic E-state index is 3.71. The van der Waals surface area contributed by atoms with E-state index in [1.807, 2.05) is 0 Å². The molecule has 0 heterocycles. The van der Waals surface area contributed by atoms with Crippen molar-refractivity contribution in [2.24, 2.45) is 0 Å². The fraction of sp³-hybridized carbons (Fsp3) is 0.474. The van der Waals surface area contributed by atoms with Crippen LogP contribution in [0.3, 0.4) is 0 Å². The topological polar surface area (TPSA) is 12.0 Å². The molecule has 1 saturated carbocycles. The van der Waals surface area contributed by atoms with E-state index in [0.717, 1.165) is 6.54 Å². The first kappa shape index (κ1) is 14.9. The monoisotopic (exact) mass is 299 g/mol. The van der Waals surface area contributed by atoms with Crippen molar-refractivity contribution in [3.63, 3.8) is 0 Å². The summed E-state index contributed by atoms with van der Waals surface area (Å²) in [6.07, 6.45) is 6.84. The van der Waals surface area contributed by atoms with Crippen LogP contribution >= 0.6 is 11.8 Å². The van der Waals surface area contributed by atoms with Crippen molar-refractivity contribution in [2.45, 2.75) is 55.2 Å². The highest BCUT2D eigenvalue weighted by molar-refractivity contribution is 8.00. The fourth-order valence-electron chi connectivity index (χ4n) is 3.33. The van der Waals surface area contributed by atoms with Gasteiger partial charge >= 0.3 is 0 Å². The molecule has 2 unspecified atom stereocenters. The third-order valence-electron chi connectivity index (χ3n) is 4.43. The van der Waals surface area contributed by atoms with Crippen LogP contribution in [-0.4, -0.2) is 17.8 Å². The lowest BCUT2D eigenvalue weighted by atomic mass is 10.1. The van der Waals surface area contributed by atoms with Gasteiger partial charge < -0.3 is 5.32 Å². The molecule has 0 saturated heterocycles. The molecule has 2 heteroatoms. The minimum Gasteiger partial charge on any atom is -0.313 e. The number of thioether (sulfide) groups is 1. The van der Waals surface area contributed by atoms with Crippen molar-refractivity contribution >= 4 is 22.5 Å². The molecule has 3 rings (SSSR count). The SMILES string of the molecule is CCNC1CCCCCC1Sc1ccc2ccccc2c1. The van der Waals surface area contributed by atoms with Crippen molar-refractivity contribution in [1.29, 1.82) is 0 Å². The largest absolute Gasteiger partial charge is 0.313 e. The van der Waals surface area contributed by atoms with Crippen LogP contribution in [0.2, 0.25) is 0 Å². The van der Waals surface area contributed by atoms with Crippen LogP contribution in [0, 0.1) is 0 Å². The first-order chi connectivity index (χ1) is 10.4. The van der Waals surface area contributed by atoms with Gasteiger partial charge in [-0.25, -0.2) is 0 Å². The summed E-state index contributed by atoms with van der Waals surface area (Å²) in [4.78, 5) is 1.42. The number of benzene rings is 2. The average Bonchev–Trinajstić information content (AvgIpc) is 2.73. The molecule has 0 aliphatic heterocycles. The molecule has 1 fully saturated rings. The Hall–Kier alpha value is -0.990. The molecule has 1 aliphatic carbocycles. The summed E-state index contributed by atoms with van der Waals surface area (Å²) in [7, 11) is 0. The molecule has 21 heavy (non-hydrogen) atoms. The van der Waals surface area contributed by atoms with Crippen LogP contribution in [-0.2, 0) is 0 Å². The van der Waals surface area contributed by atoms with Gasteiger partial charge in [0.15, 0.2) is 0 Å². The number of nitrogens with one attached hydrogen (secondary N) is 1. The van der Waals surface area contributed by atoms with Crippen molar-refractivity contribution < 1.29 is 0 Å². The Kier molecular flexibility index (Phi) is 5.21. The Morgan fingerprint density at radius 3 is 2.67 bits per heavy atom. The summed E-state index contributed by atoms with van der Waals surface area (Å²) in [5, 5.41) is 7.12. The summed E-state index contributed by atoms with van der Waals surface area (Å²) in [6.45, 7) is 3.31. The normalized spacial score (nSPS) is 23.1. The molecule has 1 aliphatic rings. The van der Waals surface area contributed by atoms with Crippen molar-refractivity contribution in [1.82, 2.24) is 5.32 Å². The Balaban J connectivity index is 1.78. The second-order valence-electron chi connectivity index (χ2n) is 5.97. The Labute approximate surface area is 132 Å². The molecule has 0 amide bonds. The van der Waals surface area contributed by atoms with Gasteiger partial charge in [-0.05, 0) is 42.3 Å². The first-order valence-electron chi connectivity index (χ1n) is 8.25. The van der Waals surface area contributed by atoms with E-state index < -0.39 is 0 Å². The van der Waals surface area contributed by atoms with E-state index in [-0.39, 0.29) is 0 Å². The van der Waals surface area contributed by atoms with E-state index in [4.69, 9.17) is 0 Å². The van der Waals surface area contributed by atoms with Gasteiger partial charge in [0.05, 0.1) is 0 Å². The molecular weight excluding hydrogens is 274 g/mol. The van der Waals surface area contributed by atoms with Crippen molar-refractivity contribution in [2.75, 3.05) is 6.54 Å². The van der Waals surface area contributed by atoms with E-state index in [1.54, 1.807) is 0 Å². The Morgan fingerprint density at radius 2 is 1.81 bits per heavy atom. The predicted octanol–water partition coefficient (Wildman–Crippen LogP) is 5.24. The summed E-state index contributed by atoms with van der Waals surface area (Å²) in [5.74, 6) is 0. The molecule has 2 atom stereocenters. The van der Waals surface area contributed by atoms with E-state index in [1.165, 1.54) is 47.8 Å². The van der Waals surface area contributed by atoms with Crippen molar-refractivity contribution in [3.05, 3.63) is 42.5 Å². The standard InChI is InChI=1S/C19H25NS/c1-2-20-18-10-4-3-5-11-19(18)21-17-13-12-15-8-6-7-9-16(15)14-17/h6-9,12-14,18-20H,2-5,10-11H2,1H3. The highest BCUT2D eigenvalue weighted by Crippen LogP contribution is 2.34. The highest BCUT2D eigenvalue weighted by Gasteiger charge is 2.23. The Morgan fingerprint density at radius 1 is 1.00 bits per heavy atom. The van der Waals surface area contributed by atoms with E-state index in [0.29, 0.717) is 11.3 Å². The zero-order chi connectivity index (χ0) is 14.5. The summed E-state index contributed by atoms with van der Waals surface area (Å²) < 4.78 is 0. The van der Waals surface area contributed by atoms with E-state index in [9.17, 15) is 0 Å². The van der Waals surface area contributed by atoms with Gasteiger partial charge in [0.1, 0.15) is 0 Å². The number of rotatable bonds is 4. The number of hydrogen-bond donors (Lipinski definition) is 1. The molecule has 1 N–H and O–H groups in total. The maximum atomic E-state index is 3.71. The molecule has 0 spiro atoms. The van der Waals surface area contributed by atoms with E-state index in [2.05, 4.69) is 66.5 Å². The smallest absolute Gasteiger partial charge is 0.0248 e. The second-order valence-corrected chi connectivity index (χ2v) is 7.28. The van der Waals surface area contributed by atoms with Gasteiger partial charge in [0.2, 0.25) is 0 Å². The molecule has 2 aromatic rings. The minimum atomic E-state index is 0.675. The van der Waals surface area contributed by atoms with Gasteiger partial charge in [-0.15, -0.1) is 11.8 Å². The van der Waals surface area contributed by atoms with Gasteiger partial charge in [-0.1, -0.05) is 56.5 Å². The first-order valence-corrected chi connectivity index (χ1v) is 9.13. The number of fused-ring (bicyclic) bond motifs is 1. The molecule has 0 bridgehead atoms. The molecule has 0 radical (unpaired) electrons. The third kappa shape index (κ3) is 3.81. The quantitative estimate of drug-likeness (QED) is 0.775. The maximum Gasteiger partial charge on any atom is 0.0248 e. The average molecular weight is 299 g/mol. The van der Waals surface area contributed by atoms with Gasteiger partial charge in [0, 0.05) is 16.2 Å². The highest BCUT2D eigenvalue weighted by atomic mass is 32.2. The summed E-state index contributed by atoms with van der Waals surface area (Å²) in [5.41, 5.74) is 0. The van der Waals surface area contributed by atoms with E-state index >= 15 is 0 Å². The van der Waals surface area contributed by atoms with Gasteiger partial charge in [-0.2, -0.15) is 0 Å². The van der Waals surface area contributed by atoms with Crippen LogP contribution in [0.15, 0.2) is 47.4 Å². The van der Waals surface area contributed by atoms with Gasteiger partial charge in [0.25, 0.3) is 0 Å². The molecule has 1 nitrogen and oxygen atoms in total. The minimum absolute atomic E-state index is 0.675. The van der Waals surface area contributed by atoms with Crippen LogP contribution in [0.25, 0.3) is 10.8 Å². The van der Waals surface area contributed by atoms with Crippen LogP contribution in [0.4, 0.5) is 0 Å². The summed E-state index contributed by atoms with van der Waals surface area (Å²) in [6, 6.07) is 16.2. The van der Waals surface area contributed by atoms with Crippen LogP contribution in [0.1, 0.15) is 39.0 Å². The lowest BCUT2D eigenvalue weighted by Gasteiger charge is -2.25. The molecular formula is C19H25NS. The van der Waals surface area contributed by atoms with Gasteiger partial charge in [-0.3, -0.25) is 0 Å². The zero-order valence-corrected chi connectivity index (χ0v) is 13.7. The summed E-state index contributed by atoms with van der Waals surface area (Å²) >= 11 is 2.08. The van der Waals surface area contributed by atoms with Crippen LogP contribution in [0.5, 0.6) is 0 Å². The third-order valence-corrected chi connectivity index (χ3v) is 5.82. The van der Waals surface area contributed by atoms with Crippen molar-refractivity contribution in [3.8, 4) is 0 Å². The zero-order valence-electron chi connectivity index (χ0n) is 12.8. The number of hydrogen-bond acceptors (Lipinski definition) is 2. The molecule has 2 aromatic carbocycles.